The monoisotopic (exact) mass is 675 g/mol. The van der Waals surface area contributed by atoms with Crippen LogP contribution >= 0.6 is 0 Å². The van der Waals surface area contributed by atoms with Crippen LogP contribution in [0.5, 0.6) is 0 Å². The second kappa shape index (κ2) is 11.7. The Balaban J connectivity index is 1.18. The fraction of sp³-hybridized carbons (Fsp3) is 0. The summed E-state index contributed by atoms with van der Waals surface area (Å²) in [6.07, 6.45) is 0. The molecule has 246 valence electrons. The molecule has 0 saturated carbocycles. The molecule has 2 heterocycles. The standard InChI is InChI=1S/C49H29N3O/c1-2-13-33(14-3-1)47-50-48(38-21-19-31-11-5-7-16-35(31)27-38)52-49(51-47)42-29-44-46(45-39-17-9-8-12-32(39)22-24-40(42)45)41-25-23-37(28-43(41)53-44)36-20-18-30-10-4-6-15-34(30)26-36/h1-29H. The summed E-state index contributed by atoms with van der Waals surface area (Å²) in [5.41, 5.74) is 6.67. The summed E-state index contributed by atoms with van der Waals surface area (Å²) in [5.74, 6) is 1.84. The summed E-state index contributed by atoms with van der Waals surface area (Å²) in [5, 5.41) is 11.4. The maximum atomic E-state index is 6.83. The fourth-order valence-electron chi connectivity index (χ4n) is 7.85. The molecule has 0 radical (unpaired) electrons. The van der Waals surface area contributed by atoms with Crippen molar-refractivity contribution in [1.29, 1.82) is 0 Å². The minimum Gasteiger partial charge on any atom is -0.456 e. The summed E-state index contributed by atoms with van der Waals surface area (Å²) in [4.78, 5) is 15.4. The predicted molar refractivity (Wildman–Crippen MR) is 219 cm³/mol. The Labute approximate surface area is 304 Å². The van der Waals surface area contributed by atoms with Crippen molar-refractivity contribution in [2.45, 2.75) is 0 Å². The van der Waals surface area contributed by atoms with Crippen molar-refractivity contribution in [1.82, 2.24) is 15.0 Å². The zero-order valence-electron chi connectivity index (χ0n) is 28.5. The maximum Gasteiger partial charge on any atom is 0.164 e. The summed E-state index contributed by atoms with van der Waals surface area (Å²) >= 11 is 0. The Bertz CT molecular complexity index is 3240. The van der Waals surface area contributed by atoms with E-state index in [9.17, 15) is 0 Å². The molecule has 4 heteroatoms. The van der Waals surface area contributed by atoms with Crippen molar-refractivity contribution >= 4 is 65.0 Å². The third-order valence-corrected chi connectivity index (χ3v) is 10.5. The van der Waals surface area contributed by atoms with Crippen molar-refractivity contribution in [3.8, 4) is 45.3 Å². The Morgan fingerprint density at radius 3 is 1.62 bits per heavy atom. The van der Waals surface area contributed by atoms with E-state index in [1.165, 1.54) is 16.2 Å². The molecule has 0 atom stereocenters. The van der Waals surface area contributed by atoms with E-state index in [-0.39, 0.29) is 0 Å². The van der Waals surface area contributed by atoms with Gasteiger partial charge >= 0.3 is 0 Å². The van der Waals surface area contributed by atoms with Gasteiger partial charge < -0.3 is 4.42 Å². The number of nitrogens with zero attached hydrogens (tertiary/aromatic N) is 3. The number of benzene rings is 9. The first kappa shape index (κ1) is 29.5. The van der Waals surface area contributed by atoms with Gasteiger partial charge in [0.2, 0.25) is 0 Å². The molecule has 4 nitrogen and oxygen atoms in total. The highest BCUT2D eigenvalue weighted by atomic mass is 16.3. The van der Waals surface area contributed by atoms with Crippen molar-refractivity contribution in [2.24, 2.45) is 0 Å². The van der Waals surface area contributed by atoms with Gasteiger partial charge in [-0.2, -0.15) is 0 Å². The summed E-state index contributed by atoms with van der Waals surface area (Å²) in [6.45, 7) is 0. The summed E-state index contributed by atoms with van der Waals surface area (Å²) < 4.78 is 6.83. The Morgan fingerprint density at radius 2 is 0.849 bits per heavy atom. The lowest BCUT2D eigenvalue weighted by molar-refractivity contribution is 0.669. The smallest absolute Gasteiger partial charge is 0.164 e. The van der Waals surface area contributed by atoms with E-state index < -0.39 is 0 Å². The highest BCUT2D eigenvalue weighted by molar-refractivity contribution is 6.29. The van der Waals surface area contributed by atoms with Gasteiger partial charge in [0, 0.05) is 32.8 Å². The minimum absolute atomic E-state index is 0.599. The van der Waals surface area contributed by atoms with Crippen molar-refractivity contribution < 1.29 is 4.42 Å². The third-order valence-electron chi connectivity index (χ3n) is 10.5. The fourth-order valence-corrected chi connectivity index (χ4v) is 7.85. The number of hydrogen-bond acceptors (Lipinski definition) is 4. The van der Waals surface area contributed by atoms with Crippen LogP contribution in [0.15, 0.2) is 180 Å². The maximum absolute atomic E-state index is 6.83. The first-order valence-electron chi connectivity index (χ1n) is 17.8. The van der Waals surface area contributed by atoms with E-state index in [1.807, 2.05) is 30.3 Å². The van der Waals surface area contributed by atoms with E-state index in [0.717, 1.165) is 76.7 Å². The lowest BCUT2D eigenvalue weighted by Gasteiger charge is -2.13. The van der Waals surface area contributed by atoms with Gasteiger partial charge in [-0.25, -0.2) is 15.0 Å². The first-order valence-corrected chi connectivity index (χ1v) is 17.8. The number of fused-ring (bicyclic) bond motifs is 9. The van der Waals surface area contributed by atoms with Crippen LogP contribution < -0.4 is 0 Å². The minimum atomic E-state index is 0.599. The van der Waals surface area contributed by atoms with Gasteiger partial charge in [-0.05, 0) is 79.2 Å². The van der Waals surface area contributed by atoms with E-state index in [1.54, 1.807) is 0 Å². The molecule has 11 rings (SSSR count). The Kier molecular flexibility index (Phi) is 6.52. The van der Waals surface area contributed by atoms with Gasteiger partial charge in [0.05, 0.1) is 0 Å². The van der Waals surface area contributed by atoms with E-state index in [4.69, 9.17) is 19.4 Å². The van der Waals surface area contributed by atoms with E-state index in [0.29, 0.717) is 17.5 Å². The normalized spacial score (nSPS) is 11.8. The lowest BCUT2D eigenvalue weighted by Crippen LogP contribution is -2.00. The van der Waals surface area contributed by atoms with Crippen LogP contribution in [0.1, 0.15) is 0 Å². The van der Waals surface area contributed by atoms with Crippen LogP contribution in [0, 0.1) is 0 Å². The van der Waals surface area contributed by atoms with Crippen molar-refractivity contribution in [3.05, 3.63) is 176 Å². The molecule has 0 spiro atoms. The van der Waals surface area contributed by atoms with E-state index in [2.05, 4.69) is 146 Å². The predicted octanol–water partition coefficient (Wildman–Crippen LogP) is 13.1. The molecule has 0 N–H and O–H groups in total. The second-order valence-electron chi connectivity index (χ2n) is 13.6. The molecule has 2 aromatic heterocycles. The first-order chi connectivity index (χ1) is 26.2. The quantitative estimate of drug-likeness (QED) is 0.174. The molecule has 0 aliphatic heterocycles. The molecule has 9 aromatic carbocycles. The van der Waals surface area contributed by atoms with Crippen LogP contribution in [0.2, 0.25) is 0 Å². The molecule has 0 amide bonds. The van der Waals surface area contributed by atoms with Crippen molar-refractivity contribution in [2.75, 3.05) is 0 Å². The molecule has 0 aliphatic carbocycles. The molecular formula is C49H29N3O. The summed E-state index contributed by atoms with van der Waals surface area (Å²) in [6, 6.07) is 61.6. The second-order valence-corrected chi connectivity index (χ2v) is 13.6. The van der Waals surface area contributed by atoms with Gasteiger partial charge in [0.1, 0.15) is 11.2 Å². The zero-order chi connectivity index (χ0) is 34.9. The third kappa shape index (κ3) is 4.88. The largest absolute Gasteiger partial charge is 0.456 e. The van der Waals surface area contributed by atoms with Crippen LogP contribution in [-0.4, -0.2) is 15.0 Å². The van der Waals surface area contributed by atoms with Crippen LogP contribution in [0.3, 0.4) is 0 Å². The van der Waals surface area contributed by atoms with Gasteiger partial charge in [0.15, 0.2) is 17.5 Å². The van der Waals surface area contributed by atoms with Gasteiger partial charge in [-0.3, -0.25) is 0 Å². The van der Waals surface area contributed by atoms with Crippen LogP contribution in [0.4, 0.5) is 0 Å². The summed E-state index contributed by atoms with van der Waals surface area (Å²) in [7, 11) is 0. The van der Waals surface area contributed by atoms with Crippen LogP contribution in [-0.2, 0) is 0 Å². The molecule has 0 bridgehead atoms. The average molecular weight is 676 g/mol. The molecule has 0 unspecified atom stereocenters. The highest BCUT2D eigenvalue weighted by Crippen LogP contribution is 2.43. The van der Waals surface area contributed by atoms with Gasteiger partial charge in [-0.15, -0.1) is 0 Å². The van der Waals surface area contributed by atoms with E-state index >= 15 is 0 Å². The number of furan rings is 1. The number of hydrogen-bond donors (Lipinski definition) is 0. The molecule has 11 aromatic rings. The SMILES string of the molecule is c1ccc(-c2nc(-c3ccc4ccccc4c3)nc(-c3cc4oc5cc(-c6ccc7ccccc7c6)ccc5c4c4c3ccc3ccccc34)n2)cc1. The zero-order valence-corrected chi connectivity index (χ0v) is 28.5. The molecular weight excluding hydrogens is 647 g/mol. The Hall–Kier alpha value is -7.17. The topological polar surface area (TPSA) is 51.8 Å². The average Bonchev–Trinajstić information content (AvgIpc) is 3.60. The van der Waals surface area contributed by atoms with Gasteiger partial charge in [0.25, 0.3) is 0 Å². The Morgan fingerprint density at radius 1 is 0.302 bits per heavy atom. The number of aromatic nitrogens is 3. The highest BCUT2D eigenvalue weighted by Gasteiger charge is 2.21. The molecule has 0 aliphatic rings. The number of rotatable bonds is 4. The lowest BCUT2D eigenvalue weighted by atomic mass is 9.93. The molecule has 0 fully saturated rings. The van der Waals surface area contributed by atoms with Crippen molar-refractivity contribution in [3.63, 3.8) is 0 Å². The molecule has 0 saturated heterocycles. The molecule has 53 heavy (non-hydrogen) atoms. The van der Waals surface area contributed by atoms with Gasteiger partial charge in [-0.1, -0.05) is 146 Å². The van der Waals surface area contributed by atoms with Crippen LogP contribution in [0.25, 0.3) is 110 Å².